The summed E-state index contributed by atoms with van der Waals surface area (Å²) >= 11 is 0. The third-order valence-electron chi connectivity index (χ3n) is 2.85. The van der Waals surface area contributed by atoms with Crippen molar-refractivity contribution in [3.63, 3.8) is 0 Å². The van der Waals surface area contributed by atoms with Crippen LogP contribution in [0.3, 0.4) is 0 Å². The number of benzene rings is 1. The van der Waals surface area contributed by atoms with Gasteiger partial charge in [-0.05, 0) is 35.4 Å². The van der Waals surface area contributed by atoms with Crippen molar-refractivity contribution in [2.45, 2.75) is 0 Å². The third kappa shape index (κ3) is 2.83. The highest BCUT2D eigenvalue weighted by atomic mass is 16.4. The molecule has 20 heavy (non-hydrogen) atoms. The summed E-state index contributed by atoms with van der Waals surface area (Å²) in [4.78, 5) is 27.9. The lowest BCUT2D eigenvalue weighted by Crippen LogP contribution is -2.21. The first-order valence-corrected chi connectivity index (χ1v) is 6.00. The second-order valence-electron chi connectivity index (χ2n) is 4.51. The minimum atomic E-state index is -1.06. The molecule has 0 bridgehead atoms. The second kappa shape index (κ2) is 5.52. The van der Waals surface area contributed by atoms with Gasteiger partial charge in [-0.3, -0.25) is 4.79 Å². The smallest absolute Gasteiger partial charge is 0.354 e. The van der Waals surface area contributed by atoms with E-state index in [1.165, 1.54) is 17.2 Å². The monoisotopic (exact) mass is 270 g/mol. The van der Waals surface area contributed by atoms with Gasteiger partial charge in [0.05, 0.1) is 0 Å². The maximum absolute atomic E-state index is 11.8. The van der Waals surface area contributed by atoms with Gasteiger partial charge < -0.3 is 10.0 Å². The summed E-state index contributed by atoms with van der Waals surface area (Å²) < 4.78 is 0. The lowest BCUT2D eigenvalue weighted by Gasteiger charge is -2.10. The number of carboxylic acid groups (broad SMARTS) is 1. The molecule has 5 nitrogen and oxygen atoms in total. The van der Waals surface area contributed by atoms with Crippen LogP contribution in [0, 0.1) is 0 Å². The summed E-state index contributed by atoms with van der Waals surface area (Å²) in [7, 11) is 3.39. The zero-order valence-corrected chi connectivity index (χ0v) is 11.2. The topological polar surface area (TPSA) is 70.5 Å². The summed E-state index contributed by atoms with van der Waals surface area (Å²) in [6.45, 7) is 0. The molecule has 0 aliphatic carbocycles. The standard InChI is InChI=1S/C15H14N2O3/c1-17(2)14(18)11-5-3-10(4-6-11)12-7-8-16-13(9-12)15(19)20/h3-9H,1-2H3,(H,19,20). The Bertz CT molecular complexity index is 648. The highest BCUT2D eigenvalue weighted by Gasteiger charge is 2.09. The highest BCUT2D eigenvalue weighted by Crippen LogP contribution is 2.20. The normalized spacial score (nSPS) is 10.1. The first-order valence-electron chi connectivity index (χ1n) is 6.00. The van der Waals surface area contributed by atoms with E-state index in [9.17, 15) is 9.59 Å². The van der Waals surface area contributed by atoms with Crippen LogP contribution in [0.15, 0.2) is 42.6 Å². The number of amides is 1. The van der Waals surface area contributed by atoms with Crippen LogP contribution in [0.25, 0.3) is 11.1 Å². The molecule has 1 N–H and O–H groups in total. The Balaban J connectivity index is 2.33. The van der Waals surface area contributed by atoms with Crippen molar-refractivity contribution in [1.82, 2.24) is 9.88 Å². The zero-order valence-electron chi connectivity index (χ0n) is 11.2. The average Bonchev–Trinajstić information content (AvgIpc) is 2.46. The molecule has 0 spiro atoms. The molecular formula is C15H14N2O3. The molecule has 0 fully saturated rings. The molecule has 1 amide bonds. The van der Waals surface area contributed by atoms with Crippen molar-refractivity contribution in [3.05, 3.63) is 53.9 Å². The Morgan fingerprint density at radius 2 is 1.70 bits per heavy atom. The largest absolute Gasteiger partial charge is 0.477 e. The number of hydrogen-bond donors (Lipinski definition) is 1. The van der Waals surface area contributed by atoms with Crippen LogP contribution in [0.1, 0.15) is 20.8 Å². The van der Waals surface area contributed by atoms with Crippen molar-refractivity contribution < 1.29 is 14.7 Å². The number of nitrogens with zero attached hydrogens (tertiary/aromatic N) is 2. The molecule has 0 saturated carbocycles. The van der Waals surface area contributed by atoms with Gasteiger partial charge in [0.25, 0.3) is 5.91 Å². The fourth-order valence-corrected chi connectivity index (χ4v) is 1.79. The van der Waals surface area contributed by atoms with E-state index in [4.69, 9.17) is 5.11 Å². The van der Waals surface area contributed by atoms with Crippen molar-refractivity contribution in [1.29, 1.82) is 0 Å². The Morgan fingerprint density at radius 1 is 1.05 bits per heavy atom. The van der Waals surface area contributed by atoms with Crippen LogP contribution >= 0.6 is 0 Å². The van der Waals surface area contributed by atoms with Crippen molar-refractivity contribution in [2.75, 3.05) is 14.1 Å². The molecule has 1 aromatic carbocycles. The summed E-state index contributed by atoms with van der Waals surface area (Å²) in [5, 5.41) is 8.92. The molecular weight excluding hydrogens is 256 g/mol. The van der Waals surface area contributed by atoms with E-state index < -0.39 is 5.97 Å². The van der Waals surface area contributed by atoms with E-state index in [1.807, 2.05) is 0 Å². The second-order valence-corrected chi connectivity index (χ2v) is 4.51. The molecule has 102 valence electrons. The Morgan fingerprint density at radius 3 is 2.25 bits per heavy atom. The SMILES string of the molecule is CN(C)C(=O)c1ccc(-c2ccnc(C(=O)O)c2)cc1. The van der Waals surface area contributed by atoms with Crippen LogP contribution in [-0.2, 0) is 0 Å². The number of hydrogen-bond acceptors (Lipinski definition) is 3. The minimum Gasteiger partial charge on any atom is -0.477 e. The van der Waals surface area contributed by atoms with Crippen LogP contribution in [0.4, 0.5) is 0 Å². The molecule has 0 saturated heterocycles. The number of carboxylic acids is 1. The van der Waals surface area contributed by atoms with E-state index in [2.05, 4.69) is 4.98 Å². The van der Waals surface area contributed by atoms with Gasteiger partial charge in [-0.15, -0.1) is 0 Å². The van der Waals surface area contributed by atoms with Crippen LogP contribution < -0.4 is 0 Å². The summed E-state index contributed by atoms with van der Waals surface area (Å²) in [5.74, 6) is -1.14. The van der Waals surface area contributed by atoms with Crippen LogP contribution in [0.2, 0.25) is 0 Å². The summed E-state index contributed by atoms with van der Waals surface area (Å²) in [6.07, 6.45) is 1.46. The number of rotatable bonds is 3. The molecule has 0 radical (unpaired) electrons. The lowest BCUT2D eigenvalue weighted by atomic mass is 10.0. The number of pyridine rings is 1. The average molecular weight is 270 g/mol. The van der Waals surface area contributed by atoms with E-state index >= 15 is 0 Å². The van der Waals surface area contributed by atoms with Gasteiger partial charge in [0.2, 0.25) is 0 Å². The van der Waals surface area contributed by atoms with Crippen molar-refractivity contribution in [3.8, 4) is 11.1 Å². The van der Waals surface area contributed by atoms with Gasteiger partial charge >= 0.3 is 5.97 Å². The predicted octanol–water partition coefficient (Wildman–Crippen LogP) is 2.15. The first-order chi connectivity index (χ1) is 9.49. The van der Waals surface area contributed by atoms with Crippen molar-refractivity contribution >= 4 is 11.9 Å². The first kappa shape index (κ1) is 13.7. The predicted molar refractivity (Wildman–Crippen MR) is 74.6 cm³/mol. The van der Waals surface area contributed by atoms with E-state index in [0.29, 0.717) is 5.56 Å². The maximum Gasteiger partial charge on any atom is 0.354 e. The molecule has 0 aliphatic heterocycles. The molecule has 1 aromatic heterocycles. The minimum absolute atomic E-state index is 0.00376. The Labute approximate surface area is 116 Å². The van der Waals surface area contributed by atoms with Crippen LogP contribution in [0.5, 0.6) is 0 Å². The summed E-state index contributed by atoms with van der Waals surface area (Å²) in [6, 6.07) is 10.3. The third-order valence-corrected chi connectivity index (χ3v) is 2.85. The molecule has 0 atom stereocenters. The number of carbonyl (C=O) groups is 2. The zero-order chi connectivity index (χ0) is 14.7. The van der Waals surface area contributed by atoms with Gasteiger partial charge in [0, 0.05) is 25.9 Å². The van der Waals surface area contributed by atoms with Gasteiger partial charge in [-0.1, -0.05) is 12.1 Å². The van der Waals surface area contributed by atoms with E-state index in [-0.39, 0.29) is 11.6 Å². The Hall–Kier alpha value is -2.69. The quantitative estimate of drug-likeness (QED) is 0.927. The molecule has 1 heterocycles. The van der Waals surface area contributed by atoms with Gasteiger partial charge in [-0.25, -0.2) is 9.78 Å². The fourth-order valence-electron chi connectivity index (χ4n) is 1.79. The lowest BCUT2D eigenvalue weighted by molar-refractivity contribution is 0.0690. The van der Waals surface area contributed by atoms with E-state index in [0.717, 1.165) is 11.1 Å². The van der Waals surface area contributed by atoms with Crippen LogP contribution in [-0.4, -0.2) is 41.0 Å². The Kier molecular flexibility index (Phi) is 3.79. The number of aromatic carboxylic acids is 1. The van der Waals surface area contributed by atoms with Crippen molar-refractivity contribution in [2.24, 2.45) is 0 Å². The molecule has 2 rings (SSSR count). The molecule has 2 aromatic rings. The fraction of sp³-hybridized carbons (Fsp3) is 0.133. The highest BCUT2D eigenvalue weighted by molar-refractivity contribution is 5.94. The molecule has 0 aliphatic rings. The molecule has 5 heteroatoms. The maximum atomic E-state index is 11.8. The summed E-state index contributed by atoms with van der Waals surface area (Å²) in [5.41, 5.74) is 2.17. The van der Waals surface area contributed by atoms with E-state index in [1.54, 1.807) is 44.4 Å². The number of carbonyl (C=O) groups excluding carboxylic acids is 1. The van der Waals surface area contributed by atoms with Gasteiger partial charge in [0.15, 0.2) is 0 Å². The number of aromatic nitrogens is 1. The van der Waals surface area contributed by atoms with Gasteiger partial charge in [-0.2, -0.15) is 0 Å². The van der Waals surface area contributed by atoms with Gasteiger partial charge in [0.1, 0.15) is 5.69 Å². The molecule has 0 unspecified atom stereocenters.